The van der Waals surface area contributed by atoms with E-state index in [9.17, 15) is 23.1 Å². The molecular formula is C20H40Na2O7S. The molecule has 0 aliphatic heterocycles. The maximum atomic E-state index is 12.5. The zero-order chi connectivity index (χ0) is 21.5. The third kappa shape index (κ3) is 18.4. The van der Waals surface area contributed by atoms with Gasteiger partial charge in [0.05, 0.1) is 11.8 Å². The summed E-state index contributed by atoms with van der Waals surface area (Å²) in [7, 11) is -4.97. The predicted octanol–water partition coefficient (Wildman–Crippen LogP) is -0.472. The fourth-order valence-corrected chi connectivity index (χ4v) is 3.91. The minimum Gasteiger partial charge on any atom is -1.00 e. The van der Waals surface area contributed by atoms with E-state index in [1.54, 1.807) is 0 Å². The van der Waals surface area contributed by atoms with E-state index in [1.165, 1.54) is 0 Å². The van der Waals surface area contributed by atoms with Gasteiger partial charge in [-0.05, 0) is 12.8 Å². The van der Waals surface area contributed by atoms with Crippen LogP contribution in [-0.4, -0.2) is 30.0 Å². The zero-order valence-corrected chi connectivity index (χ0v) is 24.3. The summed E-state index contributed by atoms with van der Waals surface area (Å²) in [5.74, 6) is -2.33. The van der Waals surface area contributed by atoms with Gasteiger partial charge in [0.1, 0.15) is 0 Å². The fourth-order valence-electron chi connectivity index (χ4n) is 3.54. The Bertz CT molecular complexity index is 548. The van der Waals surface area contributed by atoms with Crippen LogP contribution in [0.1, 0.15) is 113 Å². The van der Waals surface area contributed by atoms with E-state index in [0.29, 0.717) is 12.8 Å². The summed E-state index contributed by atoms with van der Waals surface area (Å²) in [4.78, 5) is 23.9. The molecule has 0 aliphatic carbocycles. The van der Waals surface area contributed by atoms with Crippen molar-refractivity contribution in [3.63, 3.8) is 0 Å². The van der Waals surface area contributed by atoms with Crippen molar-refractivity contribution in [3.8, 4) is 0 Å². The number of unbranched alkanes of at least 4 members (excludes halogenated alkanes) is 10. The summed E-state index contributed by atoms with van der Waals surface area (Å²) in [6.45, 7) is 4.23. The SMILES string of the molecule is CCCCCCCCC(CCCCCCCC)(CC(=O)O)C(=O)OS(=O)(=O)O.[H-].[H-].[Na+].[Na+]. The summed E-state index contributed by atoms with van der Waals surface area (Å²) in [6.07, 6.45) is 11.5. The van der Waals surface area contributed by atoms with E-state index < -0.39 is 34.2 Å². The largest absolute Gasteiger partial charge is 1.00 e. The molecule has 170 valence electrons. The first-order valence-corrected chi connectivity index (χ1v) is 12.0. The van der Waals surface area contributed by atoms with Crippen LogP contribution in [-0.2, 0) is 24.2 Å². The molecule has 0 bridgehead atoms. The molecule has 2 N–H and O–H groups in total. The molecule has 0 spiro atoms. The number of aliphatic carboxylic acids is 1. The molecule has 0 aromatic rings. The predicted molar refractivity (Wildman–Crippen MR) is 111 cm³/mol. The molecule has 0 atom stereocenters. The minimum absolute atomic E-state index is 0. The van der Waals surface area contributed by atoms with E-state index in [4.69, 9.17) is 4.55 Å². The molecule has 0 aliphatic rings. The Labute approximate surface area is 230 Å². The second-order valence-corrected chi connectivity index (χ2v) is 8.71. The van der Waals surface area contributed by atoms with Crippen molar-refractivity contribution in [1.82, 2.24) is 0 Å². The van der Waals surface area contributed by atoms with Crippen LogP contribution in [0.15, 0.2) is 0 Å². The van der Waals surface area contributed by atoms with Crippen molar-refractivity contribution in [2.24, 2.45) is 5.41 Å². The van der Waals surface area contributed by atoms with E-state index in [-0.39, 0.29) is 74.8 Å². The zero-order valence-electron chi connectivity index (χ0n) is 21.5. The van der Waals surface area contributed by atoms with Crippen molar-refractivity contribution < 1.29 is 93.8 Å². The average molecular weight is 471 g/mol. The second kappa shape index (κ2) is 20.5. The molecule has 0 radical (unpaired) electrons. The Hall–Kier alpha value is 0.850. The van der Waals surface area contributed by atoms with Gasteiger partial charge in [-0.1, -0.05) is 90.9 Å². The first-order chi connectivity index (χ1) is 13.2. The van der Waals surface area contributed by atoms with Crippen LogP contribution in [0.2, 0.25) is 0 Å². The van der Waals surface area contributed by atoms with Crippen molar-refractivity contribution in [1.29, 1.82) is 0 Å². The van der Waals surface area contributed by atoms with Gasteiger partial charge in [0.15, 0.2) is 0 Å². The molecule has 0 saturated carbocycles. The van der Waals surface area contributed by atoms with Gasteiger partial charge >= 0.3 is 81.5 Å². The first-order valence-electron chi connectivity index (χ1n) is 10.6. The van der Waals surface area contributed by atoms with Crippen molar-refractivity contribution in [3.05, 3.63) is 0 Å². The second-order valence-electron chi connectivity index (χ2n) is 7.68. The number of hydrogen-bond donors (Lipinski definition) is 2. The summed E-state index contributed by atoms with van der Waals surface area (Å²) in [6, 6.07) is 0. The fraction of sp³-hybridized carbons (Fsp3) is 0.900. The van der Waals surface area contributed by atoms with Crippen molar-refractivity contribution in [2.75, 3.05) is 0 Å². The Morgan fingerprint density at radius 2 is 1.17 bits per heavy atom. The van der Waals surface area contributed by atoms with Crippen LogP contribution >= 0.6 is 0 Å². The molecular weight excluding hydrogens is 430 g/mol. The Morgan fingerprint density at radius 3 is 1.50 bits per heavy atom. The Balaban J connectivity index is -0.000000607. The maximum Gasteiger partial charge on any atom is 1.00 e. The molecule has 0 heterocycles. The van der Waals surface area contributed by atoms with Crippen LogP contribution in [0.4, 0.5) is 0 Å². The average Bonchev–Trinajstić information content (AvgIpc) is 2.58. The molecule has 10 heteroatoms. The number of carboxylic acids is 1. The van der Waals surface area contributed by atoms with Gasteiger partial charge in [0.2, 0.25) is 0 Å². The third-order valence-electron chi connectivity index (χ3n) is 5.12. The van der Waals surface area contributed by atoms with Gasteiger partial charge in [-0.3, -0.25) is 14.1 Å². The normalized spacial score (nSPS) is 11.3. The summed E-state index contributed by atoms with van der Waals surface area (Å²) >= 11 is 0. The van der Waals surface area contributed by atoms with Gasteiger partial charge in [0, 0.05) is 0 Å². The molecule has 7 nitrogen and oxygen atoms in total. The quantitative estimate of drug-likeness (QED) is 0.158. The molecule has 0 aromatic heterocycles. The standard InChI is InChI=1S/C20H38O7S.2Na.2H/c1-3-5-7-9-11-13-15-20(17-18(21)22,19(23)27-28(24,25)26)16-14-12-10-8-6-4-2;;;;/h3-17H2,1-2H3,(H,21,22)(H,24,25,26);;;;/q;2*+1;2*-1. The maximum absolute atomic E-state index is 12.5. The molecule has 0 saturated heterocycles. The third-order valence-corrected chi connectivity index (χ3v) is 5.48. The van der Waals surface area contributed by atoms with Crippen LogP contribution in [0, 0.1) is 5.41 Å². The van der Waals surface area contributed by atoms with Gasteiger partial charge in [-0.25, -0.2) is 0 Å². The summed E-state index contributed by atoms with van der Waals surface area (Å²) in [5.41, 5.74) is -1.42. The number of rotatable bonds is 18. The molecule has 30 heavy (non-hydrogen) atoms. The smallest absolute Gasteiger partial charge is 1.00 e. The van der Waals surface area contributed by atoms with Crippen LogP contribution in [0.3, 0.4) is 0 Å². The van der Waals surface area contributed by atoms with Crippen molar-refractivity contribution in [2.45, 2.75) is 110 Å². The Morgan fingerprint density at radius 1 is 0.800 bits per heavy atom. The summed E-state index contributed by atoms with van der Waals surface area (Å²) < 4.78 is 35.2. The van der Waals surface area contributed by atoms with Gasteiger partial charge in [0.25, 0.3) is 0 Å². The molecule has 0 aromatic carbocycles. The van der Waals surface area contributed by atoms with Gasteiger partial charge < -0.3 is 12.1 Å². The molecule has 0 amide bonds. The van der Waals surface area contributed by atoms with Gasteiger partial charge in [-0.15, -0.1) is 0 Å². The van der Waals surface area contributed by atoms with Crippen LogP contribution in [0.25, 0.3) is 0 Å². The van der Waals surface area contributed by atoms with Gasteiger partial charge in [-0.2, -0.15) is 8.42 Å². The number of carboxylic acid groups (broad SMARTS) is 1. The number of carbonyl (C=O) groups is 2. The van der Waals surface area contributed by atoms with Crippen LogP contribution < -0.4 is 59.1 Å². The van der Waals surface area contributed by atoms with Crippen molar-refractivity contribution >= 4 is 22.3 Å². The van der Waals surface area contributed by atoms with Crippen LogP contribution in [0.5, 0.6) is 0 Å². The monoisotopic (exact) mass is 470 g/mol. The molecule has 0 rings (SSSR count). The molecule has 0 fully saturated rings. The first kappa shape index (κ1) is 35.4. The van der Waals surface area contributed by atoms with E-state index in [1.807, 2.05) is 0 Å². The minimum atomic E-state index is -4.97. The Kier molecular flexibility index (Phi) is 24.2. The van der Waals surface area contributed by atoms with E-state index >= 15 is 0 Å². The van der Waals surface area contributed by atoms with E-state index in [2.05, 4.69) is 18.0 Å². The molecule has 0 unspecified atom stereocenters. The topological polar surface area (TPSA) is 118 Å². The van der Waals surface area contributed by atoms with E-state index in [0.717, 1.165) is 64.2 Å². The number of carbonyl (C=O) groups excluding carboxylic acids is 1. The number of hydrogen-bond acceptors (Lipinski definition) is 5. The summed E-state index contributed by atoms with van der Waals surface area (Å²) in [5, 5.41) is 9.32.